The Hall–Kier alpha value is -2.48. The summed E-state index contributed by atoms with van der Waals surface area (Å²) in [7, 11) is -2.02. The van der Waals surface area contributed by atoms with Gasteiger partial charge in [0.2, 0.25) is 0 Å². The van der Waals surface area contributed by atoms with Crippen LogP contribution in [0.15, 0.2) is 60.7 Å². The van der Waals surface area contributed by atoms with E-state index in [-0.39, 0.29) is 22.9 Å². The highest BCUT2D eigenvalue weighted by molar-refractivity contribution is 6.74. The molecule has 2 atom stereocenters. The highest BCUT2D eigenvalue weighted by Crippen LogP contribution is 2.37. The molecule has 0 spiro atoms. The molecule has 32 heavy (non-hydrogen) atoms. The molecule has 0 heterocycles. The van der Waals surface area contributed by atoms with Crippen LogP contribution in [-0.4, -0.2) is 32.0 Å². The van der Waals surface area contributed by atoms with E-state index in [2.05, 4.69) is 33.9 Å². The molecule has 0 radical (unpaired) electrons. The average molecular weight is 457 g/mol. The second kappa shape index (κ2) is 11.4. The molecule has 2 aromatic carbocycles. The molecule has 2 N–H and O–H groups in total. The summed E-state index contributed by atoms with van der Waals surface area (Å²) in [6, 6.07) is 16.0. The van der Waals surface area contributed by atoms with Crippen LogP contribution in [0.4, 0.5) is 5.69 Å². The van der Waals surface area contributed by atoms with Crippen LogP contribution in [-0.2, 0) is 4.43 Å². The fraction of sp³-hybridized carbons (Fsp3) is 0.440. The summed E-state index contributed by atoms with van der Waals surface area (Å²) < 4.78 is 12.6. The van der Waals surface area contributed by atoms with E-state index in [1.54, 1.807) is 12.1 Å². The van der Waals surface area contributed by atoms with Crippen molar-refractivity contribution in [3.63, 3.8) is 0 Å². The summed E-state index contributed by atoms with van der Waals surface area (Å²) in [4.78, 5) is 10.4. The Morgan fingerprint density at radius 2 is 1.72 bits per heavy atom. The molecule has 0 saturated heterocycles. The van der Waals surface area contributed by atoms with Gasteiger partial charge in [-0.1, -0.05) is 51.1 Å². The predicted octanol–water partition coefficient (Wildman–Crippen LogP) is 6.18. The standard InChI is InChI=1S/C25H36N2O4Si/c1-25(2,3)32(4,5)31-24(19-30-22-12-7-6-8-13-22)23(26)14-10-9-11-20-15-17-21(18-16-20)27(28)29/h6-9,11-13,15-18,23-24H,10,14,19,26H2,1-5H3/b11-9+/t23-,24?/m1/s1. The first-order valence-electron chi connectivity index (χ1n) is 11.0. The number of benzene rings is 2. The first kappa shape index (κ1) is 25.8. The SMILES string of the molecule is CC(C)(C)[Si](C)(C)OC(COc1ccccc1)[C@H](N)CC/C=C/c1ccc([N+](=O)[O-])cc1. The lowest BCUT2D eigenvalue weighted by Crippen LogP contribution is -2.51. The zero-order chi connectivity index (χ0) is 23.8. The van der Waals surface area contributed by atoms with Crippen molar-refractivity contribution in [1.29, 1.82) is 0 Å². The number of ether oxygens (including phenoxy) is 1. The predicted molar refractivity (Wildman–Crippen MR) is 133 cm³/mol. The van der Waals surface area contributed by atoms with Gasteiger partial charge in [-0.2, -0.15) is 0 Å². The average Bonchev–Trinajstić information content (AvgIpc) is 2.74. The van der Waals surface area contributed by atoms with Crippen molar-refractivity contribution in [2.45, 2.75) is 63.9 Å². The van der Waals surface area contributed by atoms with Gasteiger partial charge in [0.15, 0.2) is 8.32 Å². The lowest BCUT2D eigenvalue weighted by atomic mass is 10.1. The molecule has 0 aromatic heterocycles. The van der Waals surface area contributed by atoms with Gasteiger partial charge in [-0.05, 0) is 60.8 Å². The van der Waals surface area contributed by atoms with Crippen LogP contribution < -0.4 is 10.5 Å². The Kier molecular flexibility index (Phi) is 9.18. The number of nitro benzene ring substituents is 1. The first-order chi connectivity index (χ1) is 15.0. The van der Waals surface area contributed by atoms with Crippen molar-refractivity contribution in [3.8, 4) is 5.75 Å². The lowest BCUT2D eigenvalue weighted by molar-refractivity contribution is -0.384. The van der Waals surface area contributed by atoms with Gasteiger partial charge < -0.3 is 14.9 Å². The molecule has 0 fully saturated rings. The molecule has 2 aromatic rings. The van der Waals surface area contributed by atoms with E-state index in [1.165, 1.54) is 12.1 Å². The number of nitrogens with zero attached hydrogens (tertiary/aromatic N) is 1. The highest BCUT2D eigenvalue weighted by atomic mass is 28.4. The third kappa shape index (κ3) is 7.89. The van der Waals surface area contributed by atoms with Crippen molar-refractivity contribution in [1.82, 2.24) is 0 Å². The van der Waals surface area contributed by atoms with E-state index in [1.807, 2.05) is 42.5 Å². The molecule has 0 aliphatic heterocycles. The highest BCUT2D eigenvalue weighted by Gasteiger charge is 2.40. The molecule has 174 valence electrons. The van der Waals surface area contributed by atoms with Crippen LogP contribution in [0.2, 0.25) is 18.1 Å². The number of hydrogen-bond donors (Lipinski definition) is 1. The van der Waals surface area contributed by atoms with Crippen molar-refractivity contribution in [3.05, 3.63) is 76.4 Å². The second-order valence-electron chi connectivity index (χ2n) is 9.53. The van der Waals surface area contributed by atoms with E-state index in [4.69, 9.17) is 14.9 Å². The Balaban J connectivity index is 1.99. The third-order valence-electron chi connectivity index (χ3n) is 5.97. The van der Waals surface area contributed by atoms with Crippen LogP contribution in [0.1, 0.15) is 39.2 Å². The minimum atomic E-state index is -2.02. The number of allylic oxidation sites excluding steroid dienone is 1. The van der Waals surface area contributed by atoms with Crippen LogP contribution in [0.5, 0.6) is 5.75 Å². The Bertz CT molecular complexity index is 877. The Morgan fingerprint density at radius 1 is 1.09 bits per heavy atom. The van der Waals surface area contributed by atoms with Crippen molar-refractivity contribution < 1.29 is 14.1 Å². The number of nitro groups is 1. The van der Waals surface area contributed by atoms with Gasteiger partial charge in [0.05, 0.1) is 11.0 Å². The summed E-state index contributed by atoms with van der Waals surface area (Å²) in [6.07, 6.45) is 5.33. The topological polar surface area (TPSA) is 87.6 Å². The lowest BCUT2D eigenvalue weighted by Gasteiger charge is -2.40. The van der Waals surface area contributed by atoms with Gasteiger partial charge in [-0.25, -0.2) is 0 Å². The molecule has 7 heteroatoms. The molecule has 0 saturated carbocycles. The number of para-hydroxylation sites is 1. The van der Waals surface area contributed by atoms with E-state index in [0.717, 1.165) is 24.2 Å². The minimum absolute atomic E-state index is 0.0769. The second-order valence-corrected chi connectivity index (χ2v) is 14.3. The van der Waals surface area contributed by atoms with Crippen LogP contribution >= 0.6 is 0 Å². The normalized spacial score (nSPS) is 14.3. The van der Waals surface area contributed by atoms with E-state index in [9.17, 15) is 10.1 Å². The number of nitrogens with two attached hydrogens (primary N) is 1. The Labute approximate surface area is 192 Å². The van der Waals surface area contributed by atoms with Gasteiger partial charge in [0, 0.05) is 18.2 Å². The maximum Gasteiger partial charge on any atom is 0.269 e. The minimum Gasteiger partial charge on any atom is -0.491 e. The fourth-order valence-electron chi connectivity index (χ4n) is 2.90. The number of rotatable bonds is 11. The maximum atomic E-state index is 10.8. The first-order valence-corrected chi connectivity index (χ1v) is 13.9. The van der Waals surface area contributed by atoms with E-state index in [0.29, 0.717) is 6.61 Å². The van der Waals surface area contributed by atoms with Crippen LogP contribution in [0, 0.1) is 10.1 Å². The molecule has 2 rings (SSSR count). The molecular weight excluding hydrogens is 420 g/mol. The van der Waals surface area contributed by atoms with Gasteiger partial charge in [-0.3, -0.25) is 10.1 Å². The van der Waals surface area contributed by atoms with E-state index < -0.39 is 13.2 Å². The number of non-ortho nitro benzene ring substituents is 1. The quantitative estimate of drug-likeness (QED) is 0.248. The molecule has 0 bridgehead atoms. The summed E-state index contributed by atoms with van der Waals surface area (Å²) >= 11 is 0. The van der Waals surface area contributed by atoms with Gasteiger partial charge in [-0.15, -0.1) is 0 Å². The van der Waals surface area contributed by atoms with Crippen molar-refractivity contribution in [2.75, 3.05) is 6.61 Å². The van der Waals surface area contributed by atoms with Crippen molar-refractivity contribution >= 4 is 20.1 Å². The van der Waals surface area contributed by atoms with Gasteiger partial charge >= 0.3 is 0 Å². The van der Waals surface area contributed by atoms with Crippen LogP contribution in [0.25, 0.3) is 6.08 Å². The molecule has 0 aliphatic rings. The zero-order valence-electron chi connectivity index (χ0n) is 19.8. The smallest absolute Gasteiger partial charge is 0.269 e. The summed E-state index contributed by atoms with van der Waals surface area (Å²) in [5.41, 5.74) is 7.59. The molecule has 1 unspecified atom stereocenters. The fourth-order valence-corrected chi connectivity index (χ4v) is 4.25. The Morgan fingerprint density at radius 3 is 2.28 bits per heavy atom. The molecule has 0 aliphatic carbocycles. The summed E-state index contributed by atoms with van der Waals surface area (Å²) in [5.74, 6) is 0.807. The molecule has 0 amide bonds. The van der Waals surface area contributed by atoms with Gasteiger partial charge in [0.25, 0.3) is 5.69 Å². The largest absolute Gasteiger partial charge is 0.491 e. The number of hydrogen-bond acceptors (Lipinski definition) is 5. The monoisotopic (exact) mass is 456 g/mol. The van der Waals surface area contributed by atoms with Crippen molar-refractivity contribution in [2.24, 2.45) is 5.73 Å². The molecule has 6 nitrogen and oxygen atoms in total. The zero-order valence-corrected chi connectivity index (χ0v) is 20.8. The van der Waals surface area contributed by atoms with E-state index >= 15 is 0 Å². The molecular formula is C25H36N2O4Si. The van der Waals surface area contributed by atoms with Gasteiger partial charge in [0.1, 0.15) is 12.4 Å². The third-order valence-corrected chi connectivity index (χ3v) is 10.5. The van der Waals surface area contributed by atoms with Crippen LogP contribution in [0.3, 0.4) is 0 Å². The maximum absolute atomic E-state index is 10.8. The summed E-state index contributed by atoms with van der Waals surface area (Å²) in [6.45, 7) is 11.5. The summed E-state index contributed by atoms with van der Waals surface area (Å²) in [5, 5.41) is 10.8.